The first-order chi connectivity index (χ1) is 7.72. The lowest BCUT2D eigenvalue weighted by molar-refractivity contribution is 0.398. The zero-order chi connectivity index (χ0) is 13.4. The number of benzene rings is 1. The van der Waals surface area contributed by atoms with Crippen LogP contribution in [0.15, 0.2) is 11.0 Å². The fourth-order valence-electron chi connectivity index (χ4n) is 2.14. The molecule has 93 valence electrons. The molecule has 0 aliphatic rings. The summed E-state index contributed by atoms with van der Waals surface area (Å²) in [6, 6.07) is 1.66. The summed E-state index contributed by atoms with van der Waals surface area (Å²) in [4.78, 5) is 0.191. The van der Waals surface area contributed by atoms with Gasteiger partial charge in [0.2, 0.25) is 0 Å². The van der Waals surface area contributed by atoms with E-state index in [2.05, 4.69) is 28.3 Å². The minimum absolute atomic E-state index is 0.191. The summed E-state index contributed by atoms with van der Waals surface area (Å²) in [6.07, 6.45) is 0. The van der Waals surface area contributed by atoms with Gasteiger partial charge in [0.15, 0.2) is 0 Å². The molecule has 0 amide bonds. The smallest absolute Gasteiger partial charge is 0.270 e. The Balaban J connectivity index is 3.62. The van der Waals surface area contributed by atoms with Gasteiger partial charge in [0, 0.05) is 0 Å². The van der Waals surface area contributed by atoms with Crippen molar-refractivity contribution < 1.29 is 12.6 Å². The molecule has 0 aliphatic carbocycles. The third-order valence-corrected chi connectivity index (χ3v) is 4.99. The minimum atomic E-state index is -3.66. The van der Waals surface area contributed by atoms with Crippen LogP contribution in [0, 0.1) is 13.8 Å². The Bertz CT molecular complexity index is 533. The number of aryl methyl sites for hydroxylation is 1. The molecule has 1 aromatic carbocycles. The van der Waals surface area contributed by atoms with Crippen molar-refractivity contribution >= 4 is 25.5 Å². The summed E-state index contributed by atoms with van der Waals surface area (Å²) >= 11 is 0. The summed E-state index contributed by atoms with van der Waals surface area (Å²) < 4.78 is 28.1. The highest BCUT2D eigenvalue weighted by Crippen LogP contribution is 2.25. The number of hydrogen-bond acceptors (Lipinski definition) is 3. The molecule has 0 aromatic heterocycles. The van der Waals surface area contributed by atoms with Crippen LogP contribution in [0.4, 0.5) is 0 Å². The molecule has 1 rings (SSSR count). The Morgan fingerprint density at radius 3 is 2.24 bits per heavy atom. The van der Waals surface area contributed by atoms with E-state index < -0.39 is 10.1 Å². The summed E-state index contributed by atoms with van der Waals surface area (Å²) in [7, 11) is 0.911. The molecule has 0 fully saturated rings. The highest BCUT2D eigenvalue weighted by molar-refractivity contribution is 7.87. The van der Waals surface area contributed by atoms with Gasteiger partial charge in [0.1, 0.15) is 0 Å². The lowest BCUT2D eigenvalue weighted by Gasteiger charge is -2.18. The average Bonchev–Trinajstić information content (AvgIpc) is 2.22. The van der Waals surface area contributed by atoms with E-state index >= 15 is 0 Å². The molecular formula is C12H17O3SSi. The van der Waals surface area contributed by atoms with Crippen LogP contribution in [-0.4, -0.2) is 25.8 Å². The lowest BCUT2D eigenvalue weighted by Crippen LogP contribution is -2.22. The van der Waals surface area contributed by atoms with Crippen LogP contribution in [-0.2, 0) is 14.3 Å². The van der Waals surface area contributed by atoms with E-state index in [1.165, 1.54) is 12.7 Å². The third-order valence-electron chi connectivity index (χ3n) is 2.86. The first kappa shape index (κ1) is 14.4. The quantitative estimate of drug-likeness (QED) is 0.618. The molecule has 0 N–H and O–H groups in total. The molecule has 0 unspecified atom stereocenters. The van der Waals surface area contributed by atoms with Crippen LogP contribution in [0.5, 0.6) is 0 Å². The molecule has 0 saturated carbocycles. The second-order valence-corrected chi connectivity index (χ2v) is 6.56. The molecule has 1 aromatic rings. The summed E-state index contributed by atoms with van der Waals surface area (Å²) in [5.41, 5.74) is 3.09. The molecule has 0 spiro atoms. The van der Waals surface area contributed by atoms with Crippen LogP contribution in [0.25, 0.3) is 0 Å². The molecule has 3 radical (unpaired) electrons. The molecule has 17 heavy (non-hydrogen) atoms. The number of hydrogen-bond donors (Lipinski definition) is 0. The van der Waals surface area contributed by atoms with Gasteiger partial charge in [-0.25, -0.2) is 0 Å². The zero-order valence-corrected chi connectivity index (χ0v) is 12.6. The normalized spacial score (nSPS) is 12.2. The Morgan fingerprint density at radius 2 is 1.82 bits per heavy atom. The summed E-state index contributed by atoms with van der Waals surface area (Å²) in [5, 5.41) is 0.584. The monoisotopic (exact) mass is 269 g/mol. The molecule has 0 atom stereocenters. The maximum absolute atomic E-state index is 11.8. The summed E-state index contributed by atoms with van der Waals surface area (Å²) in [5.74, 6) is 0.351. The van der Waals surface area contributed by atoms with Gasteiger partial charge in [0.05, 0.1) is 22.2 Å². The molecule has 0 aliphatic heterocycles. The Labute approximate surface area is 107 Å². The molecule has 0 saturated heterocycles. The van der Waals surface area contributed by atoms with Crippen molar-refractivity contribution in [3.05, 3.63) is 22.8 Å². The molecule has 3 nitrogen and oxygen atoms in total. The standard InChI is InChI=1S/C12H17O3SSi/c1-7(2)11-8(3)6-10(12(17)9(11)4)16(13,14)15-5/h6-7H,1-5H3. The van der Waals surface area contributed by atoms with E-state index in [1.54, 1.807) is 6.07 Å². The molecule has 0 heterocycles. The molecule has 0 bridgehead atoms. The lowest BCUT2D eigenvalue weighted by atomic mass is 9.93. The Morgan fingerprint density at radius 1 is 1.29 bits per heavy atom. The van der Waals surface area contributed by atoms with Gasteiger partial charge in [0.25, 0.3) is 10.1 Å². The average molecular weight is 269 g/mol. The zero-order valence-electron chi connectivity index (χ0n) is 10.8. The Hall–Kier alpha value is -0.653. The van der Waals surface area contributed by atoms with Gasteiger partial charge in [-0.1, -0.05) is 13.8 Å². The van der Waals surface area contributed by atoms with Crippen LogP contribution in [0.2, 0.25) is 0 Å². The van der Waals surface area contributed by atoms with Gasteiger partial charge in [-0.05, 0) is 47.7 Å². The fraction of sp³-hybridized carbons (Fsp3) is 0.500. The predicted octanol–water partition coefficient (Wildman–Crippen LogP) is 1.56. The largest absolute Gasteiger partial charge is 0.296 e. The maximum atomic E-state index is 11.8. The third kappa shape index (κ3) is 2.61. The van der Waals surface area contributed by atoms with Crippen molar-refractivity contribution in [2.45, 2.75) is 38.5 Å². The van der Waals surface area contributed by atoms with Gasteiger partial charge < -0.3 is 0 Å². The molecular weight excluding hydrogens is 252 g/mol. The van der Waals surface area contributed by atoms with E-state index in [4.69, 9.17) is 0 Å². The van der Waals surface area contributed by atoms with E-state index in [0.29, 0.717) is 11.1 Å². The second kappa shape index (κ2) is 4.92. The topological polar surface area (TPSA) is 43.4 Å². The van der Waals surface area contributed by atoms with E-state index in [0.717, 1.165) is 11.1 Å². The van der Waals surface area contributed by atoms with Crippen LogP contribution < -0.4 is 5.19 Å². The highest BCUT2D eigenvalue weighted by Gasteiger charge is 2.21. The van der Waals surface area contributed by atoms with Crippen molar-refractivity contribution in [3.8, 4) is 0 Å². The van der Waals surface area contributed by atoms with Crippen molar-refractivity contribution in [2.24, 2.45) is 0 Å². The van der Waals surface area contributed by atoms with Crippen molar-refractivity contribution in [1.29, 1.82) is 0 Å². The van der Waals surface area contributed by atoms with E-state index in [-0.39, 0.29) is 4.90 Å². The number of rotatable bonds is 3. The highest BCUT2D eigenvalue weighted by atomic mass is 32.2. The van der Waals surface area contributed by atoms with E-state index in [9.17, 15) is 8.42 Å². The van der Waals surface area contributed by atoms with Gasteiger partial charge in [-0.3, -0.25) is 4.18 Å². The fourth-order valence-corrected chi connectivity index (χ4v) is 3.62. The van der Waals surface area contributed by atoms with Gasteiger partial charge >= 0.3 is 0 Å². The minimum Gasteiger partial charge on any atom is -0.270 e. The van der Waals surface area contributed by atoms with E-state index in [1.807, 2.05) is 13.8 Å². The predicted molar refractivity (Wildman–Crippen MR) is 69.6 cm³/mol. The Kier molecular flexibility index (Phi) is 4.17. The van der Waals surface area contributed by atoms with Crippen LogP contribution in [0.3, 0.4) is 0 Å². The summed E-state index contributed by atoms with van der Waals surface area (Å²) in [6.45, 7) is 8.01. The van der Waals surface area contributed by atoms with Crippen molar-refractivity contribution in [2.75, 3.05) is 7.11 Å². The van der Waals surface area contributed by atoms with Gasteiger partial charge in [-0.2, -0.15) is 8.42 Å². The second-order valence-electron chi connectivity index (χ2n) is 4.38. The van der Waals surface area contributed by atoms with Gasteiger partial charge in [-0.15, -0.1) is 0 Å². The van der Waals surface area contributed by atoms with Crippen molar-refractivity contribution in [1.82, 2.24) is 0 Å². The molecule has 5 heteroatoms. The SMILES string of the molecule is COS(=O)(=O)c1cc(C)c(C(C)C)c(C)c1[Si]. The van der Waals surface area contributed by atoms with Crippen LogP contribution >= 0.6 is 0 Å². The first-order valence-corrected chi connectivity index (χ1v) is 7.29. The van der Waals surface area contributed by atoms with Crippen LogP contribution in [0.1, 0.15) is 36.5 Å². The maximum Gasteiger partial charge on any atom is 0.296 e. The van der Waals surface area contributed by atoms with Crippen molar-refractivity contribution in [3.63, 3.8) is 0 Å². The first-order valence-electron chi connectivity index (χ1n) is 5.38.